The number of amides is 2. The first-order valence-corrected chi connectivity index (χ1v) is 8.76. The van der Waals surface area contributed by atoms with Gasteiger partial charge in [0.25, 0.3) is 11.8 Å². The summed E-state index contributed by atoms with van der Waals surface area (Å²) in [5.74, 6) is -0.843. The molecule has 1 saturated heterocycles. The fourth-order valence-electron chi connectivity index (χ4n) is 2.72. The summed E-state index contributed by atoms with van der Waals surface area (Å²) >= 11 is 7.96. The smallest absolute Gasteiger partial charge is 0.274 e. The molecule has 24 heavy (non-hydrogen) atoms. The van der Waals surface area contributed by atoms with Crippen molar-refractivity contribution < 1.29 is 9.59 Å². The van der Waals surface area contributed by atoms with Gasteiger partial charge >= 0.3 is 0 Å². The van der Waals surface area contributed by atoms with E-state index in [-0.39, 0.29) is 11.6 Å². The first-order valence-electron chi connectivity index (χ1n) is 7.30. The molecule has 0 radical (unpaired) electrons. The van der Waals surface area contributed by atoms with Crippen LogP contribution in [0.4, 0.5) is 0 Å². The molecule has 2 heterocycles. The van der Waals surface area contributed by atoms with Gasteiger partial charge in [0.2, 0.25) is 0 Å². The van der Waals surface area contributed by atoms with Crippen molar-refractivity contribution in [3.8, 4) is 11.3 Å². The minimum absolute atomic E-state index is 0.226. The summed E-state index contributed by atoms with van der Waals surface area (Å²) < 4.78 is -1.00. The summed E-state index contributed by atoms with van der Waals surface area (Å²) in [7, 11) is 0. The second-order valence-corrected chi connectivity index (χ2v) is 7.70. The fourth-order valence-corrected chi connectivity index (χ4v) is 3.75. The number of hydrogen-bond acceptors (Lipinski definition) is 4. The van der Waals surface area contributed by atoms with E-state index in [1.807, 2.05) is 34.7 Å². The SMILES string of the molecule is NC(=O)C1(I)CCCN1C(=O)c1cc(-c2cccc(Cl)c2)ncn1. The Morgan fingerprint density at radius 1 is 1.29 bits per heavy atom. The van der Waals surface area contributed by atoms with Crippen LogP contribution < -0.4 is 5.73 Å². The molecule has 1 atom stereocenters. The monoisotopic (exact) mass is 456 g/mol. The van der Waals surface area contributed by atoms with Gasteiger partial charge in [0, 0.05) is 17.1 Å². The molecule has 2 amide bonds. The molecule has 1 aliphatic rings. The molecule has 1 aromatic carbocycles. The third-order valence-corrected chi connectivity index (χ3v) is 5.84. The highest BCUT2D eigenvalue weighted by Gasteiger charge is 2.46. The molecule has 3 rings (SSSR count). The van der Waals surface area contributed by atoms with E-state index in [4.69, 9.17) is 17.3 Å². The molecule has 0 bridgehead atoms. The summed E-state index contributed by atoms with van der Waals surface area (Å²) in [6.45, 7) is 0.473. The highest BCUT2D eigenvalue weighted by atomic mass is 127. The van der Waals surface area contributed by atoms with Gasteiger partial charge in [0.1, 0.15) is 12.0 Å². The topological polar surface area (TPSA) is 89.2 Å². The van der Waals surface area contributed by atoms with Crippen LogP contribution >= 0.6 is 34.2 Å². The van der Waals surface area contributed by atoms with Crippen molar-refractivity contribution in [1.29, 1.82) is 0 Å². The maximum absolute atomic E-state index is 12.8. The van der Waals surface area contributed by atoms with Crippen molar-refractivity contribution in [2.75, 3.05) is 6.54 Å². The predicted molar refractivity (Wildman–Crippen MR) is 98.7 cm³/mol. The third-order valence-electron chi connectivity index (χ3n) is 3.95. The van der Waals surface area contributed by atoms with E-state index < -0.39 is 9.45 Å². The van der Waals surface area contributed by atoms with Gasteiger partial charge in [-0.25, -0.2) is 9.97 Å². The zero-order valence-corrected chi connectivity index (χ0v) is 15.5. The Kier molecular flexibility index (Phi) is 4.73. The van der Waals surface area contributed by atoms with Gasteiger partial charge in [-0.1, -0.05) is 23.7 Å². The minimum Gasteiger partial charge on any atom is -0.367 e. The normalized spacial score (nSPS) is 20.2. The van der Waals surface area contributed by atoms with Crippen molar-refractivity contribution in [2.24, 2.45) is 5.73 Å². The molecular weight excluding hydrogens is 443 g/mol. The molecule has 124 valence electrons. The molecule has 0 spiro atoms. The molecule has 2 aromatic rings. The van der Waals surface area contributed by atoms with E-state index >= 15 is 0 Å². The van der Waals surface area contributed by atoms with Crippen molar-refractivity contribution in [1.82, 2.24) is 14.9 Å². The summed E-state index contributed by atoms with van der Waals surface area (Å²) in [5.41, 5.74) is 7.09. The molecule has 1 aromatic heterocycles. The Labute approximate surface area is 157 Å². The van der Waals surface area contributed by atoms with Gasteiger partial charge in [-0.3, -0.25) is 9.59 Å². The van der Waals surface area contributed by atoms with Gasteiger partial charge in [-0.2, -0.15) is 0 Å². The van der Waals surface area contributed by atoms with Gasteiger partial charge in [-0.05, 0) is 53.6 Å². The zero-order valence-electron chi connectivity index (χ0n) is 12.6. The van der Waals surface area contributed by atoms with Crippen molar-refractivity contribution in [2.45, 2.75) is 16.4 Å². The lowest BCUT2D eigenvalue weighted by Crippen LogP contribution is -2.51. The minimum atomic E-state index is -1.00. The molecule has 1 fully saturated rings. The highest BCUT2D eigenvalue weighted by molar-refractivity contribution is 14.1. The fraction of sp³-hybridized carbons (Fsp3) is 0.250. The number of rotatable bonds is 3. The maximum Gasteiger partial charge on any atom is 0.274 e. The number of hydrogen-bond donors (Lipinski definition) is 1. The predicted octanol–water partition coefficient (Wildman–Crippen LogP) is 2.65. The number of benzene rings is 1. The summed E-state index contributed by atoms with van der Waals surface area (Å²) in [5, 5.41) is 0.582. The second kappa shape index (κ2) is 6.64. The molecule has 0 aliphatic carbocycles. The molecule has 2 N–H and O–H groups in total. The number of carbonyl (C=O) groups is 2. The summed E-state index contributed by atoms with van der Waals surface area (Å²) in [6, 6.07) is 8.79. The van der Waals surface area contributed by atoms with Gasteiger partial charge in [0.05, 0.1) is 5.69 Å². The Morgan fingerprint density at radius 2 is 2.08 bits per heavy atom. The van der Waals surface area contributed by atoms with Crippen LogP contribution in [0, 0.1) is 0 Å². The molecule has 6 nitrogen and oxygen atoms in total. The Hall–Kier alpha value is -1.74. The maximum atomic E-state index is 12.8. The standard InChI is InChI=1S/C16H14ClIN4O2/c17-11-4-1-3-10(7-11)12-8-13(21-9-20-12)14(23)22-6-2-5-16(22,18)15(19)24/h1,3-4,7-9H,2,5-6H2,(H2,19,24). The van der Waals surface area contributed by atoms with E-state index in [2.05, 4.69) is 9.97 Å². The van der Waals surface area contributed by atoms with Gasteiger partial charge in [-0.15, -0.1) is 0 Å². The van der Waals surface area contributed by atoms with E-state index in [9.17, 15) is 9.59 Å². The van der Waals surface area contributed by atoms with E-state index in [1.54, 1.807) is 18.2 Å². The van der Waals surface area contributed by atoms with Gasteiger partial charge < -0.3 is 10.6 Å². The number of likely N-dealkylation sites (tertiary alicyclic amines) is 1. The van der Waals surface area contributed by atoms with Crippen LogP contribution in [-0.2, 0) is 4.79 Å². The Balaban J connectivity index is 1.94. The van der Waals surface area contributed by atoms with Crippen LogP contribution in [0.2, 0.25) is 5.02 Å². The number of alkyl halides is 1. The number of aromatic nitrogens is 2. The third kappa shape index (κ3) is 3.10. The first kappa shape index (κ1) is 17.1. The average molecular weight is 457 g/mol. The summed E-state index contributed by atoms with van der Waals surface area (Å²) in [4.78, 5) is 34.3. The molecule has 1 unspecified atom stereocenters. The lowest BCUT2D eigenvalue weighted by Gasteiger charge is -2.30. The van der Waals surface area contributed by atoms with Crippen molar-refractivity contribution in [3.63, 3.8) is 0 Å². The van der Waals surface area contributed by atoms with Crippen LogP contribution in [0.25, 0.3) is 11.3 Å². The van der Waals surface area contributed by atoms with Crippen molar-refractivity contribution >= 4 is 46.0 Å². The van der Waals surface area contributed by atoms with Crippen LogP contribution in [0.15, 0.2) is 36.7 Å². The quantitative estimate of drug-likeness (QED) is 0.437. The van der Waals surface area contributed by atoms with Crippen LogP contribution in [0.5, 0.6) is 0 Å². The summed E-state index contributed by atoms with van der Waals surface area (Å²) in [6.07, 6.45) is 2.60. The van der Waals surface area contributed by atoms with E-state index in [0.717, 1.165) is 12.0 Å². The molecule has 0 saturated carbocycles. The molecule has 1 aliphatic heterocycles. The highest BCUT2D eigenvalue weighted by Crippen LogP contribution is 2.36. The van der Waals surface area contributed by atoms with E-state index in [0.29, 0.717) is 23.7 Å². The van der Waals surface area contributed by atoms with Crippen molar-refractivity contribution in [3.05, 3.63) is 47.4 Å². The lowest BCUT2D eigenvalue weighted by molar-refractivity contribution is -0.122. The number of primary amides is 1. The van der Waals surface area contributed by atoms with Crippen LogP contribution in [-0.4, -0.2) is 36.8 Å². The first-order chi connectivity index (χ1) is 11.4. The van der Waals surface area contributed by atoms with Crippen LogP contribution in [0.1, 0.15) is 23.3 Å². The molecule has 8 heteroatoms. The zero-order chi connectivity index (χ0) is 17.3. The van der Waals surface area contributed by atoms with Crippen LogP contribution in [0.3, 0.4) is 0 Å². The largest absolute Gasteiger partial charge is 0.367 e. The average Bonchev–Trinajstić information content (AvgIpc) is 2.97. The second-order valence-electron chi connectivity index (χ2n) is 5.48. The number of carbonyl (C=O) groups excluding carboxylic acids is 2. The number of nitrogens with zero attached hydrogens (tertiary/aromatic N) is 3. The Bertz CT molecular complexity index is 816. The lowest BCUT2D eigenvalue weighted by atomic mass is 10.1. The van der Waals surface area contributed by atoms with Gasteiger partial charge in [0.15, 0.2) is 3.55 Å². The Morgan fingerprint density at radius 3 is 2.79 bits per heavy atom. The van der Waals surface area contributed by atoms with E-state index in [1.165, 1.54) is 11.2 Å². The number of halogens is 2. The molecular formula is C16H14ClIN4O2. The number of nitrogens with two attached hydrogens (primary N) is 1.